The van der Waals surface area contributed by atoms with Crippen LogP contribution in [0.5, 0.6) is 0 Å². The van der Waals surface area contributed by atoms with E-state index in [1.807, 2.05) is 51.9 Å². The van der Waals surface area contributed by atoms with Crippen LogP contribution in [0.3, 0.4) is 0 Å². The summed E-state index contributed by atoms with van der Waals surface area (Å²) < 4.78 is 5.24. The summed E-state index contributed by atoms with van der Waals surface area (Å²) in [4.78, 5) is 26.3. The number of hydrogen-bond donors (Lipinski definition) is 1. The first-order valence-electron chi connectivity index (χ1n) is 7.50. The molecule has 1 aromatic rings. The second-order valence-electron chi connectivity index (χ2n) is 6.03. The molecule has 22 heavy (non-hydrogen) atoms. The topological polar surface area (TPSA) is 58.6 Å². The summed E-state index contributed by atoms with van der Waals surface area (Å²) in [6, 6.07) is 6.60. The SMILES string of the molecule is Cc1ccc(C(=O)NC(C(=O)OCCN(C)C)C(C)C)cc1. The molecule has 5 nitrogen and oxygen atoms in total. The summed E-state index contributed by atoms with van der Waals surface area (Å²) >= 11 is 0. The van der Waals surface area contributed by atoms with Crippen LogP contribution in [0.2, 0.25) is 0 Å². The van der Waals surface area contributed by atoms with Gasteiger partial charge in [-0.3, -0.25) is 4.79 Å². The molecule has 0 spiro atoms. The highest BCUT2D eigenvalue weighted by Gasteiger charge is 2.26. The van der Waals surface area contributed by atoms with Crippen LogP contribution in [-0.2, 0) is 9.53 Å². The highest BCUT2D eigenvalue weighted by atomic mass is 16.5. The largest absolute Gasteiger partial charge is 0.463 e. The van der Waals surface area contributed by atoms with Crippen LogP contribution in [0.15, 0.2) is 24.3 Å². The summed E-state index contributed by atoms with van der Waals surface area (Å²) in [5, 5.41) is 2.76. The molecular weight excluding hydrogens is 280 g/mol. The van der Waals surface area contributed by atoms with Gasteiger partial charge < -0.3 is 15.0 Å². The van der Waals surface area contributed by atoms with Gasteiger partial charge in [0.1, 0.15) is 12.6 Å². The van der Waals surface area contributed by atoms with Gasteiger partial charge in [-0.15, -0.1) is 0 Å². The number of rotatable bonds is 7. The van der Waals surface area contributed by atoms with Gasteiger partial charge in [-0.2, -0.15) is 0 Å². The summed E-state index contributed by atoms with van der Waals surface area (Å²) in [5.74, 6) is -0.693. The van der Waals surface area contributed by atoms with Gasteiger partial charge in [0.05, 0.1) is 0 Å². The minimum atomic E-state index is -0.643. The van der Waals surface area contributed by atoms with Crippen LogP contribution < -0.4 is 5.32 Å². The zero-order valence-corrected chi connectivity index (χ0v) is 14.1. The Labute approximate surface area is 132 Å². The maximum absolute atomic E-state index is 12.2. The zero-order valence-electron chi connectivity index (χ0n) is 14.1. The van der Waals surface area contributed by atoms with Crippen molar-refractivity contribution in [1.82, 2.24) is 10.2 Å². The maximum atomic E-state index is 12.2. The van der Waals surface area contributed by atoms with Crippen molar-refractivity contribution in [1.29, 1.82) is 0 Å². The number of nitrogens with one attached hydrogen (secondary N) is 1. The number of amides is 1. The third-order valence-corrected chi connectivity index (χ3v) is 3.30. The first kappa shape index (κ1) is 18.2. The molecule has 0 aliphatic carbocycles. The van der Waals surface area contributed by atoms with E-state index in [1.165, 1.54) is 0 Å². The molecule has 0 bridgehead atoms. The smallest absolute Gasteiger partial charge is 0.328 e. The minimum absolute atomic E-state index is 0.0405. The number of carbonyl (C=O) groups excluding carboxylic acids is 2. The number of hydrogen-bond acceptors (Lipinski definition) is 4. The van der Waals surface area contributed by atoms with Crippen LogP contribution in [0.4, 0.5) is 0 Å². The Hall–Kier alpha value is -1.88. The predicted octanol–water partition coefficient (Wildman–Crippen LogP) is 1.85. The van der Waals surface area contributed by atoms with E-state index in [9.17, 15) is 9.59 Å². The van der Waals surface area contributed by atoms with Gasteiger partial charge in [-0.1, -0.05) is 31.5 Å². The van der Waals surface area contributed by atoms with E-state index < -0.39 is 12.0 Å². The Morgan fingerprint density at radius 3 is 2.27 bits per heavy atom. The molecule has 0 aromatic heterocycles. The van der Waals surface area contributed by atoms with E-state index in [4.69, 9.17) is 4.74 Å². The molecule has 1 amide bonds. The predicted molar refractivity (Wildman–Crippen MR) is 86.8 cm³/mol. The van der Waals surface area contributed by atoms with Crippen molar-refractivity contribution in [3.05, 3.63) is 35.4 Å². The van der Waals surface area contributed by atoms with Gasteiger partial charge in [-0.05, 0) is 39.1 Å². The number of ether oxygens (including phenoxy) is 1. The van der Waals surface area contributed by atoms with Crippen molar-refractivity contribution in [2.24, 2.45) is 5.92 Å². The van der Waals surface area contributed by atoms with E-state index >= 15 is 0 Å². The third-order valence-electron chi connectivity index (χ3n) is 3.30. The molecular formula is C17H26N2O3. The Bertz CT molecular complexity index is 495. The Morgan fingerprint density at radius 2 is 1.77 bits per heavy atom. The van der Waals surface area contributed by atoms with Crippen LogP contribution in [0, 0.1) is 12.8 Å². The summed E-state index contributed by atoms with van der Waals surface area (Å²) in [7, 11) is 3.82. The number of esters is 1. The van der Waals surface area contributed by atoms with Crippen molar-refractivity contribution in [2.75, 3.05) is 27.2 Å². The first-order chi connectivity index (χ1) is 10.3. The average molecular weight is 306 g/mol. The second-order valence-corrected chi connectivity index (χ2v) is 6.03. The van der Waals surface area contributed by atoms with E-state index in [0.29, 0.717) is 18.7 Å². The molecule has 1 atom stereocenters. The fraction of sp³-hybridized carbons (Fsp3) is 0.529. The van der Waals surface area contributed by atoms with E-state index in [1.54, 1.807) is 12.1 Å². The Balaban J connectivity index is 2.65. The molecule has 0 saturated heterocycles. The van der Waals surface area contributed by atoms with Crippen molar-refractivity contribution < 1.29 is 14.3 Å². The lowest BCUT2D eigenvalue weighted by Gasteiger charge is -2.21. The molecule has 122 valence electrons. The van der Waals surface area contributed by atoms with Crippen molar-refractivity contribution in [2.45, 2.75) is 26.8 Å². The molecule has 1 unspecified atom stereocenters. The zero-order chi connectivity index (χ0) is 16.7. The van der Waals surface area contributed by atoms with Gasteiger partial charge in [0.15, 0.2) is 0 Å². The lowest BCUT2D eigenvalue weighted by Crippen LogP contribution is -2.45. The molecule has 1 rings (SSSR count). The summed E-state index contributed by atoms with van der Waals surface area (Å²) in [6.07, 6.45) is 0. The fourth-order valence-electron chi connectivity index (χ4n) is 1.85. The number of nitrogens with zero attached hydrogens (tertiary/aromatic N) is 1. The van der Waals surface area contributed by atoms with Gasteiger partial charge >= 0.3 is 5.97 Å². The standard InChI is InChI=1S/C17H26N2O3/c1-12(2)15(17(21)22-11-10-19(4)5)18-16(20)14-8-6-13(3)7-9-14/h6-9,12,15H,10-11H2,1-5H3,(H,18,20). The van der Waals surface area contributed by atoms with Gasteiger partial charge in [0.25, 0.3) is 5.91 Å². The highest BCUT2D eigenvalue weighted by Crippen LogP contribution is 2.08. The summed E-state index contributed by atoms with van der Waals surface area (Å²) in [6.45, 7) is 6.69. The van der Waals surface area contributed by atoms with Crippen LogP contribution in [0.25, 0.3) is 0 Å². The number of aryl methyl sites for hydroxylation is 1. The molecule has 1 N–H and O–H groups in total. The Morgan fingerprint density at radius 1 is 1.18 bits per heavy atom. The van der Waals surface area contributed by atoms with Crippen molar-refractivity contribution >= 4 is 11.9 Å². The van der Waals surface area contributed by atoms with Crippen LogP contribution >= 0.6 is 0 Å². The molecule has 5 heteroatoms. The van der Waals surface area contributed by atoms with Crippen LogP contribution in [0.1, 0.15) is 29.8 Å². The number of likely N-dealkylation sites (N-methyl/N-ethyl adjacent to an activating group) is 1. The highest BCUT2D eigenvalue weighted by molar-refractivity contribution is 5.96. The first-order valence-corrected chi connectivity index (χ1v) is 7.50. The lowest BCUT2D eigenvalue weighted by molar-refractivity contribution is -0.147. The normalized spacial score (nSPS) is 12.3. The van der Waals surface area contributed by atoms with Crippen LogP contribution in [-0.4, -0.2) is 50.1 Å². The molecule has 0 radical (unpaired) electrons. The van der Waals surface area contributed by atoms with Crippen molar-refractivity contribution in [3.8, 4) is 0 Å². The van der Waals surface area contributed by atoms with E-state index in [0.717, 1.165) is 5.56 Å². The minimum Gasteiger partial charge on any atom is -0.463 e. The van der Waals surface area contributed by atoms with E-state index in [2.05, 4.69) is 5.32 Å². The summed E-state index contributed by atoms with van der Waals surface area (Å²) in [5.41, 5.74) is 1.62. The average Bonchev–Trinajstić information content (AvgIpc) is 2.44. The number of benzene rings is 1. The maximum Gasteiger partial charge on any atom is 0.328 e. The second kappa shape index (κ2) is 8.54. The fourth-order valence-corrected chi connectivity index (χ4v) is 1.85. The van der Waals surface area contributed by atoms with E-state index in [-0.39, 0.29) is 11.8 Å². The quantitative estimate of drug-likeness (QED) is 0.781. The molecule has 0 heterocycles. The molecule has 0 saturated carbocycles. The van der Waals surface area contributed by atoms with Crippen molar-refractivity contribution in [3.63, 3.8) is 0 Å². The van der Waals surface area contributed by atoms with Gasteiger partial charge in [0, 0.05) is 12.1 Å². The monoisotopic (exact) mass is 306 g/mol. The lowest BCUT2D eigenvalue weighted by atomic mass is 10.0. The van der Waals surface area contributed by atoms with Gasteiger partial charge in [-0.25, -0.2) is 4.79 Å². The molecule has 0 fully saturated rings. The molecule has 0 aliphatic heterocycles. The number of carbonyl (C=O) groups is 2. The third kappa shape index (κ3) is 5.85. The molecule has 1 aromatic carbocycles. The molecule has 0 aliphatic rings. The Kier molecular flexibility index (Phi) is 7.05. The van der Waals surface area contributed by atoms with Gasteiger partial charge in [0.2, 0.25) is 0 Å².